The second kappa shape index (κ2) is 6.18. The molecule has 0 aliphatic carbocycles. The zero-order valence-electron chi connectivity index (χ0n) is 10.6. The highest BCUT2D eigenvalue weighted by atomic mass is 16.4. The monoisotopic (exact) mass is 233 g/mol. The molecule has 0 aliphatic heterocycles. The lowest BCUT2D eigenvalue weighted by Gasteiger charge is -2.06. The van der Waals surface area contributed by atoms with Gasteiger partial charge in [0, 0.05) is 6.21 Å². The summed E-state index contributed by atoms with van der Waals surface area (Å²) in [4.78, 5) is 15.4. The van der Waals surface area contributed by atoms with Gasteiger partial charge in [-0.05, 0) is 30.9 Å². The van der Waals surface area contributed by atoms with Gasteiger partial charge in [-0.2, -0.15) is 0 Å². The van der Waals surface area contributed by atoms with E-state index in [0.29, 0.717) is 11.6 Å². The Morgan fingerprint density at radius 2 is 2.24 bits per heavy atom. The fourth-order valence-corrected chi connectivity index (χ4v) is 1.73. The minimum atomic E-state index is -0.927. The number of carboxylic acid groups (broad SMARTS) is 1. The standard InChI is InChI=1S/C14H19NO2/c1-4-6-10(2)9-15-13-11(3)7-5-8-12(13)14(16)17/h5,7-10H,4,6H2,1-3H3,(H,16,17). The molecule has 92 valence electrons. The molecule has 0 heterocycles. The van der Waals surface area contributed by atoms with E-state index in [1.807, 2.05) is 19.2 Å². The molecule has 0 spiro atoms. The first kappa shape index (κ1) is 13.4. The molecule has 0 aliphatic rings. The number of carboxylic acids is 1. The summed E-state index contributed by atoms with van der Waals surface area (Å²) >= 11 is 0. The van der Waals surface area contributed by atoms with Crippen molar-refractivity contribution in [3.8, 4) is 0 Å². The van der Waals surface area contributed by atoms with Crippen molar-refractivity contribution >= 4 is 17.9 Å². The highest BCUT2D eigenvalue weighted by Crippen LogP contribution is 2.24. The van der Waals surface area contributed by atoms with Gasteiger partial charge in [0.15, 0.2) is 0 Å². The van der Waals surface area contributed by atoms with Crippen molar-refractivity contribution in [3.05, 3.63) is 29.3 Å². The van der Waals surface area contributed by atoms with Crippen LogP contribution < -0.4 is 0 Å². The molecule has 1 atom stereocenters. The van der Waals surface area contributed by atoms with Crippen LogP contribution in [0.5, 0.6) is 0 Å². The average Bonchev–Trinajstić information content (AvgIpc) is 2.27. The third-order valence-electron chi connectivity index (χ3n) is 2.67. The Bertz CT molecular complexity index is 424. The first-order chi connectivity index (χ1) is 8.06. The number of rotatable bonds is 5. The fourth-order valence-electron chi connectivity index (χ4n) is 1.73. The normalized spacial score (nSPS) is 12.9. The molecule has 1 rings (SSSR count). The van der Waals surface area contributed by atoms with Crippen molar-refractivity contribution in [1.29, 1.82) is 0 Å². The van der Waals surface area contributed by atoms with E-state index >= 15 is 0 Å². The molecule has 0 fully saturated rings. The number of nitrogens with zero attached hydrogens (tertiary/aromatic N) is 1. The topological polar surface area (TPSA) is 49.7 Å². The van der Waals surface area contributed by atoms with Crippen LogP contribution in [0.15, 0.2) is 23.2 Å². The summed E-state index contributed by atoms with van der Waals surface area (Å²) in [5.41, 5.74) is 1.73. The number of hydrogen-bond acceptors (Lipinski definition) is 2. The molecule has 17 heavy (non-hydrogen) atoms. The van der Waals surface area contributed by atoms with Crippen molar-refractivity contribution < 1.29 is 9.90 Å². The molecule has 1 aromatic rings. The van der Waals surface area contributed by atoms with Crippen LogP contribution in [-0.4, -0.2) is 17.3 Å². The third-order valence-corrected chi connectivity index (χ3v) is 2.67. The number of benzene rings is 1. The van der Waals surface area contributed by atoms with E-state index in [2.05, 4.69) is 18.8 Å². The lowest BCUT2D eigenvalue weighted by atomic mass is 10.1. The first-order valence-corrected chi connectivity index (χ1v) is 5.93. The Hall–Kier alpha value is -1.64. The predicted octanol–water partition coefficient (Wildman–Crippen LogP) is 3.83. The molecule has 0 bridgehead atoms. The number of para-hydroxylation sites is 1. The summed E-state index contributed by atoms with van der Waals surface area (Å²) in [6.45, 7) is 6.09. The Balaban J connectivity index is 3.00. The predicted molar refractivity (Wildman–Crippen MR) is 70.4 cm³/mol. The summed E-state index contributed by atoms with van der Waals surface area (Å²) in [5.74, 6) is -0.551. The number of hydrogen-bond donors (Lipinski definition) is 1. The molecule has 3 nitrogen and oxygen atoms in total. The van der Waals surface area contributed by atoms with Gasteiger partial charge < -0.3 is 5.11 Å². The van der Waals surface area contributed by atoms with Crippen molar-refractivity contribution in [2.45, 2.75) is 33.6 Å². The van der Waals surface area contributed by atoms with Gasteiger partial charge in [0.25, 0.3) is 0 Å². The van der Waals surface area contributed by atoms with Gasteiger partial charge >= 0.3 is 5.97 Å². The fraction of sp³-hybridized carbons (Fsp3) is 0.429. The Kier molecular flexibility index (Phi) is 4.88. The molecule has 0 saturated carbocycles. The van der Waals surface area contributed by atoms with Crippen LogP contribution in [0.3, 0.4) is 0 Å². The molecule has 0 aromatic heterocycles. The van der Waals surface area contributed by atoms with Gasteiger partial charge in [-0.15, -0.1) is 0 Å². The lowest BCUT2D eigenvalue weighted by Crippen LogP contribution is -1.99. The number of carbonyl (C=O) groups is 1. The van der Waals surface area contributed by atoms with E-state index in [0.717, 1.165) is 18.4 Å². The number of aliphatic imine (C=N–C) groups is 1. The van der Waals surface area contributed by atoms with Crippen LogP contribution in [0.4, 0.5) is 5.69 Å². The van der Waals surface area contributed by atoms with E-state index in [1.165, 1.54) is 0 Å². The Morgan fingerprint density at radius 3 is 2.82 bits per heavy atom. The summed E-state index contributed by atoms with van der Waals surface area (Å²) in [6.07, 6.45) is 4.02. The van der Waals surface area contributed by atoms with Gasteiger partial charge in [0.2, 0.25) is 0 Å². The van der Waals surface area contributed by atoms with Gasteiger partial charge in [-0.1, -0.05) is 32.4 Å². The van der Waals surface area contributed by atoms with Crippen LogP contribution in [0, 0.1) is 12.8 Å². The van der Waals surface area contributed by atoms with Gasteiger partial charge in [-0.3, -0.25) is 4.99 Å². The van der Waals surface area contributed by atoms with Crippen molar-refractivity contribution in [2.24, 2.45) is 10.9 Å². The maximum atomic E-state index is 11.1. The molecular weight excluding hydrogens is 214 g/mol. The molecule has 3 heteroatoms. The van der Waals surface area contributed by atoms with Crippen molar-refractivity contribution in [1.82, 2.24) is 0 Å². The smallest absolute Gasteiger partial charge is 0.337 e. The maximum Gasteiger partial charge on any atom is 0.337 e. The quantitative estimate of drug-likeness (QED) is 0.786. The summed E-state index contributed by atoms with van der Waals surface area (Å²) in [6, 6.07) is 5.21. The summed E-state index contributed by atoms with van der Waals surface area (Å²) in [7, 11) is 0. The van der Waals surface area contributed by atoms with Crippen LogP contribution in [0.2, 0.25) is 0 Å². The first-order valence-electron chi connectivity index (χ1n) is 5.93. The summed E-state index contributed by atoms with van der Waals surface area (Å²) in [5, 5.41) is 9.08. The lowest BCUT2D eigenvalue weighted by molar-refractivity contribution is 0.0697. The Labute approximate surface area is 102 Å². The second-order valence-electron chi connectivity index (χ2n) is 4.32. The number of aromatic carboxylic acids is 1. The molecule has 0 amide bonds. The number of aryl methyl sites for hydroxylation is 1. The van der Waals surface area contributed by atoms with Gasteiger partial charge in [0.1, 0.15) is 0 Å². The van der Waals surface area contributed by atoms with Crippen LogP contribution in [0.25, 0.3) is 0 Å². The highest BCUT2D eigenvalue weighted by molar-refractivity contribution is 5.95. The zero-order chi connectivity index (χ0) is 12.8. The van der Waals surface area contributed by atoms with Gasteiger partial charge in [0.05, 0.1) is 11.3 Å². The average molecular weight is 233 g/mol. The highest BCUT2D eigenvalue weighted by Gasteiger charge is 2.10. The molecule has 1 aromatic carbocycles. The second-order valence-corrected chi connectivity index (χ2v) is 4.32. The minimum absolute atomic E-state index is 0.268. The third kappa shape index (κ3) is 3.70. The molecule has 0 saturated heterocycles. The molecular formula is C14H19NO2. The molecule has 0 radical (unpaired) electrons. The molecule has 1 N–H and O–H groups in total. The van der Waals surface area contributed by atoms with Crippen LogP contribution in [0.1, 0.15) is 42.6 Å². The zero-order valence-corrected chi connectivity index (χ0v) is 10.6. The minimum Gasteiger partial charge on any atom is -0.478 e. The van der Waals surface area contributed by atoms with E-state index in [1.54, 1.807) is 12.1 Å². The van der Waals surface area contributed by atoms with Crippen molar-refractivity contribution in [3.63, 3.8) is 0 Å². The van der Waals surface area contributed by atoms with Crippen molar-refractivity contribution in [2.75, 3.05) is 0 Å². The largest absolute Gasteiger partial charge is 0.478 e. The van der Waals surface area contributed by atoms with Gasteiger partial charge in [-0.25, -0.2) is 4.79 Å². The SMILES string of the molecule is CCCC(C)C=Nc1c(C)cccc1C(=O)O. The molecule has 1 unspecified atom stereocenters. The maximum absolute atomic E-state index is 11.1. The van der Waals surface area contributed by atoms with E-state index in [-0.39, 0.29) is 5.56 Å². The van der Waals surface area contributed by atoms with E-state index in [9.17, 15) is 4.79 Å². The summed E-state index contributed by atoms with van der Waals surface area (Å²) < 4.78 is 0. The Morgan fingerprint density at radius 1 is 1.53 bits per heavy atom. The van der Waals surface area contributed by atoms with E-state index < -0.39 is 5.97 Å². The van der Waals surface area contributed by atoms with Crippen LogP contribution in [-0.2, 0) is 0 Å². The van der Waals surface area contributed by atoms with E-state index in [4.69, 9.17) is 5.11 Å². The van der Waals surface area contributed by atoms with Crippen LogP contribution >= 0.6 is 0 Å².